The Bertz CT molecular complexity index is 743. The second-order valence-electron chi connectivity index (χ2n) is 5.82. The van der Waals surface area contributed by atoms with Crippen LogP contribution in [-0.4, -0.2) is 24.8 Å². The van der Waals surface area contributed by atoms with E-state index in [2.05, 4.69) is 63.4 Å². The molecular formula is C18H25INO3PS. The summed E-state index contributed by atoms with van der Waals surface area (Å²) in [6, 6.07) is 4.34. The van der Waals surface area contributed by atoms with Crippen LogP contribution in [0.15, 0.2) is 30.0 Å². The molecule has 1 aromatic carbocycles. The second-order valence-corrected chi connectivity index (χ2v) is 9.14. The van der Waals surface area contributed by atoms with Crippen LogP contribution in [0, 0.1) is 0 Å². The Morgan fingerprint density at radius 2 is 2.08 bits per heavy atom. The first kappa shape index (κ1) is 21.0. The van der Waals surface area contributed by atoms with Crippen molar-refractivity contribution in [3.63, 3.8) is 0 Å². The average molecular weight is 493 g/mol. The summed E-state index contributed by atoms with van der Waals surface area (Å²) in [6.07, 6.45) is 6.12. The Morgan fingerprint density at radius 1 is 1.32 bits per heavy atom. The molecule has 138 valence electrons. The molecule has 25 heavy (non-hydrogen) atoms. The summed E-state index contributed by atoms with van der Waals surface area (Å²) < 4.78 is 19.1. The van der Waals surface area contributed by atoms with Gasteiger partial charge in [0.05, 0.1) is 19.2 Å². The smallest absolute Gasteiger partial charge is 0.174 e. The molecule has 1 unspecified atom stereocenters. The summed E-state index contributed by atoms with van der Waals surface area (Å²) in [4.78, 5) is 0. The predicted octanol–water partition coefficient (Wildman–Crippen LogP) is 6.50. The van der Waals surface area contributed by atoms with Crippen LogP contribution in [0.1, 0.15) is 31.9 Å². The summed E-state index contributed by atoms with van der Waals surface area (Å²) in [5.74, 6) is 0.913. The highest BCUT2D eigenvalue weighted by atomic mass is 127. The number of halogens is 1. The molecule has 0 spiro atoms. The highest BCUT2D eigenvalue weighted by molar-refractivity contribution is 14.2. The van der Waals surface area contributed by atoms with E-state index in [1.165, 1.54) is 27.6 Å². The van der Waals surface area contributed by atoms with Crippen molar-refractivity contribution in [2.75, 3.05) is 20.8 Å². The zero-order chi connectivity index (χ0) is 18.4. The zero-order valence-corrected chi connectivity index (χ0v) is 19.2. The fourth-order valence-electron chi connectivity index (χ4n) is 2.66. The molecule has 0 saturated heterocycles. The normalized spacial score (nSPS) is 12.4. The molecule has 0 bridgehead atoms. The maximum atomic E-state index is 5.73. The van der Waals surface area contributed by atoms with Gasteiger partial charge in [0.2, 0.25) is 0 Å². The molecule has 0 aliphatic carbocycles. The number of hydrogen-bond donors (Lipinski definition) is 0. The van der Waals surface area contributed by atoms with E-state index >= 15 is 0 Å². The fraction of sp³-hybridized carbons (Fsp3) is 0.444. The van der Waals surface area contributed by atoms with Gasteiger partial charge in [0, 0.05) is 55.2 Å². The van der Waals surface area contributed by atoms with Gasteiger partial charge in [-0.3, -0.25) is 3.97 Å². The van der Waals surface area contributed by atoms with Crippen molar-refractivity contribution < 1.29 is 13.8 Å². The number of aromatic nitrogens is 1. The molecule has 4 nitrogen and oxygen atoms in total. The van der Waals surface area contributed by atoms with Gasteiger partial charge in [-0.05, 0) is 50.5 Å². The first-order chi connectivity index (χ1) is 12.0. The number of rotatable bonds is 9. The summed E-state index contributed by atoms with van der Waals surface area (Å²) in [6.45, 7) is 6.90. The minimum Gasteiger partial charge on any atom is -0.496 e. The third-order valence-corrected chi connectivity index (χ3v) is 7.09. The molecule has 1 aromatic heterocycles. The standard InChI is InChI=1S/C18H25INO3PS/c1-6-23-24(22-5)12-14-9-16-18(17(10-14)21-4)15(8-7-13(2)3)11-20(16)25-19/h7,9-11H,6,8,12H2,1-5H3. The second kappa shape index (κ2) is 10.2. The van der Waals surface area contributed by atoms with Crippen LogP contribution < -0.4 is 4.74 Å². The number of hydrogen-bond acceptors (Lipinski definition) is 4. The maximum absolute atomic E-state index is 5.73. The van der Waals surface area contributed by atoms with E-state index in [9.17, 15) is 0 Å². The van der Waals surface area contributed by atoms with E-state index in [1.807, 2.05) is 6.92 Å². The molecule has 1 atom stereocenters. The van der Waals surface area contributed by atoms with Crippen LogP contribution in [0.4, 0.5) is 0 Å². The lowest BCUT2D eigenvalue weighted by Gasteiger charge is -2.15. The van der Waals surface area contributed by atoms with Crippen LogP contribution in [0.5, 0.6) is 5.75 Å². The molecule has 0 fully saturated rings. The van der Waals surface area contributed by atoms with E-state index in [-0.39, 0.29) is 0 Å². The minimum absolute atomic E-state index is 0.658. The van der Waals surface area contributed by atoms with Gasteiger partial charge in [-0.2, -0.15) is 0 Å². The van der Waals surface area contributed by atoms with Crippen LogP contribution in [-0.2, 0) is 21.6 Å². The van der Waals surface area contributed by atoms with Gasteiger partial charge in [-0.25, -0.2) is 0 Å². The first-order valence-corrected chi connectivity index (χ1v) is 12.8. The third kappa shape index (κ3) is 5.36. The molecule has 0 aliphatic heterocycles. The molecule has 0 radical (unpaired) electrons. The molecule has 0 aliphatic rings. The van der Waals surface area contributed by atoms with Crippen molar-refractivity contribution in [3.05, 3.63) is 41.1 Å². The van der Waals surface area contributed by atoms with Gasteiger partial charge < -0.3 is 13.8 Å². The number of nitrogens with zero attached hydrogens (tertiary/aromatic N) is 1. The Balaban J connectivity index is 2.50. The van der Waals surface area contributed by atoms with Crippen molar-refractivity contribution >= 4 is 49.6 Å². The molecule has 2 rings (SSSR count). The van der Waals surface area contributed by atoms with Gasteiger partial charge in [0.25, 0.3) is 0 Å². The quantitative estimate of drug-likeness (QED) is 0.227. The number of ether oxygens (including phenoxy) is 1. The predicted molar refractivity (Wildman–Crippen MR) is 118 cm³/mol. The number of benzene rings is 1. The average Bonchev–Trinajstić information content (AvgIpc) is 2.96. The topological polar surface area (TPSA) is 32.6 Å². The lowest BCUT2D eigenvalue weighted by molar-refractivity contribution is 0.297. The summed E-state index contributed by atoms with van der Waals surface area (Å²) in [5.41, 5.74) is 4.95. The fourth-order valence-corrected chi connectivity index (χ4v) is 5.12. The summed E-state index contributed by atoms with van der Waals surface area (Å²) in [7, 11) is 4.20. The van der Waals surface area contributed by atoms with Gasteiger partial charge >= 0.3 is 0 Å². The van der Waals surface area contributed by atoms with Crippen LogP contribution in [0.2, 0.25) is 0 Å². The Morgan fingerprint density at radius 3 is 2.64 bits per heavy atom. The summed E-state index contributed by atoms with van der Waals surface area (Å²) >= 11 is 2.32. The largest absolute Gasteiger partial charge is 0.496 e. The maximum Gasteiger partial charge on any atom is 0.174 e. The minimum atomic E-state index is -0.913. The number of allylic oxidation sites excluding steroid dienone is 2. The van der Waals surface area contributed by atoms with E-state index in [0.29, 0.717) is 6.61 Å². The van der Waals surface area contributed by atoms with E-state index in [0.717, 1.165) is 18.3 Å². The van der Waals surface area contributed by atoms with Crippen molar-refractivity contribution in [1.82, 2.24) is 3.97 Å². The lowest BCUT2D eigenvalue weighted by Crippen LogP contribution is -1.94. The van der Waals surface area contributed by atoms with Gasteiger partial charge in [0.1, 0.15) is 5.75 Å². The first-order valence-electron chi connectivity index (χ1n) is 8.11. The third-order valence-electron chi connectivity index (χ3n) is 3.79. The Kier molecular flexibility index (Phi) is 8.55. The van der Waals surface area contributed by atoms with Crippen LogP contribution >= 0.6 is 38.7 Å². The zero-order valence-electron chi connectivity index (χ0n) is 15.3. The number of fused-ring (bicyclic) bond motifs is 1. The van der Waals surface area contributed by atoms with Crippen molar-refractivity contribution in [3.8, 4) is 5.75 Å². The molecule has 0 N–H and O–H groups in total. The number of methoxy groups -OCH3 is 1. The van der Waals surface area contributed by atoms with Crippen LogP contribution in [0.3, 0.4) is 0 Å². The highest BCUT2D eigenvalue weighted by Gasteiger charge is 2.17. The van der Waals surface area contributed by atoms with E-state index in [1.54, 1.807) is 23.3 Å². The molecule has 2 aromatic rings. The Hall–Kier alpha value is -0.270. The van der Waals surface area contributed by atoms with Gasteiger partial charge in [-0.1, -0.05) is 11.6 Å². The van der Waals surface area contributed by atoms with Crippen molar-refractivity contribution in [2.24, 2.45) is 0 Å². The Labute approximate surface area is 167 Å². The van der Waals surface area contributed by atoms with Crippen molar-refractivity contribution in [2.45, 2.75) is 33.4 Å². The molecule has 7 heteroatoms. The van der Waals surface area contributed by atoms with Crippen LogP contribution in [0.25, 0.3) is 10.9 Å². The SMILES string of the molecule is CCOP(Cc1cc(OC)c2c(CC=C(C)C)cn(SI)c2c1)OC. The molecule has 0 amide bonds. The van der Waals surface area contributed by atoms with E-state index in [4.69, 9.17) is 13.8 Å². The van der Waals surface area contributed by atoms with E-state index < -0.39 is 8.38 Å². The molecular weight excluding hydrogens is 468 g/mol. The van der Waals surface area contributed by atoms with Gasteiger partial charge in [0.15, 0.2) is 8.38 Å². The van der Waals surface area contributed by atoms with Gasteiger partial charge in [-0.15, -0.1) is 0 Å². The monoisotopic (exact) mass is 493 g/mol. The van der Waals surface area contributed by atoms with Crippen molar-refractivity contribution in [1.29, 1.82) is 0 Å². The lowest BCUT2D eigenvalue weighted by atomic mass is 10.1. The summed E-state index contributed by atoms with van der Waals surface area (Å²) in [5, 5.41) is 1.19. The molecule has 1 heterocycles. The molecule has 0 saturated carbocycles. The highest BCUT2D eigenvalue weighted by Crippen LogP contribution is 2.44.